The second-order valence-corrected chi connectivity index (χ2v) is 4.52. The highest BCUT2D eigenvalue weighted by Crippen LogP contribution is 2.24. The summed E-state index contributed by atoms with van der Waals surface area (Å²) in [5, 5.41) is 6.60. The van der Waals surface area contributed by atoms with Gasteiger partial charge in [-0.3, -0.25) is 0 Å². The van der Waals surface area contributed by atoms with Crippen LogP contribution in [0.25, 0.3) is 0 Å². The molecule has 4 nitrogen and oxygen atoms in total. The van der Waals surface area contributed by atoms with Gasteiger partial charge in [0.2, 0.25) is 0 Å². The number of likely N-dealkylation sites (N-methyl/N-ethyl adjacent to an activating group) is 1. The van der Waals surface area contributed by atoms with Crippen molar-refractivity contribution in [3.63, 3.8) is 0 Å². The van der Waals surface area contributed by atoms with Crippen LogP contribution in [0.1, 0.15) is 18.5 Å². The van der Waals surface area contributed by atoms with E-state index in [0.29, 0.717) is 19.0 Å². The lowest BCUT2D eigenvalue weighted by molar-refractivity contribution is 0.0645. The third-order valence-electron chi connectivity index (χ3n) is 3.28. The zero-order valence-electron chi connectivity index (χ0n) is 11.4. The van der Waals surface area contributed by atoms with E-state index >= 15 is 0 Å². The third-order valence-corrected chi connectivity index (χ3v) is 3.28. The van der Waals surface area contributed by atoms with E-state index in [9.17, 15) is 4.39 Å². The Balaban J connectivity index is 2.15. The molecule has 1 fully saturated rings. The molecule has 2 N–H and O–H groups in total. The fourth-order valence-electron chi connectivity index (χ4n) is 2.38. The molecule has 1 aromatic carbocycles. The molecule has 5 heteroatoms. The molecule has 0 saturated carbocycles. The number of hydrogen-bond donors (Lipinski definition) is 2. The summed E-state index contributed by atoms with van der Waals surface area (Å²) >= 11 is 0. The zero-order chi connectivity index (χ0) is 13.7. The largest absolute Gasteiger partial charge is 0.491 e. The number of nitrogens with one attached hydrogen (secondary N) is 2. The topological polar surface area (TPSA) is 42.5 Å². The van der Waals surface area contributed by atoms with Crippen molar-refractivity contribution in [3.05, 3.63) is 29.6 Å². The van der Waals surface area contributed by atoms with Crippen LogP contribution >= 0.6 is 0 Å². The minimum Gasteiger partial charge on any atom is -0.491 e. The molecule has 1 heterocycles. The summed E-state index contributed by atoms with van der Waals surface area (Å²) in [6, 6.07) is 5.28. The molecular weight excluding hydrogens is 247 g/mol. The average Bonchev–Trinajstić information content (AvgIpc) is 2.44. The smallest absolute Gasteiger partial charge is 0.165 e. The first kappa shape index (κ1) is 14.2. The quantitative estimate of drug-likeness (QED) is 0.849. The Morgan fingerprint density at radius 3 is 3.00 bits per heavy atom. The first-order valence-corrected chi connectivity index (χ1v) is 6.67. The molecule has 106 valence electrons. The molecule has 0 spiro atoms. The highest BCUT2D eigenvalue weighted by molar-refractivity contribution is 5.32. The predicted molar refractivity (Wildman–Crippen MR) is 72.0 cm³/mol. The summed E-state index contributed by atoms with van der Waals surface area (Å²) < 4.78 is 24.6. The second-order valence-electron chi connectivity index (χ2n) is 4.52. The third kappa shape index (κ3) is 3.43. The van der Waals surface area contributed by atoms with Gasteiger partial charge in [-0.1, -0.05) is 6.07 Å². The summed E-state index contributed by atoms with van der Waals surface area (Å²) in [5.74, 6) is -0.0229. The maximum Gasteiger partial charge on any atom is 0.165 e. The fourth-order valence-corrected chi connectivity index (χ4v) is 2.38. The van der Waals surface area contributed by atoms with Crippen LogP contribution in [0, 0.1) is 5.82 Å². The van der Waals surface area contributed by atoms with Gasteiger partial charge >= 0.3 is 0 Å². The van der Waals surface area contributed by atoms with Crippen molar-refractivity contribution in [2.75, 3.05) is 33.4 Å². The van der Waals surface area contributed by atoms with Gasteiger partial charge in [0.25, 0.3) is 0 Å². The van der Waals surface area contributed by atoms with Crippen molar-refractivity contribution in [2.45, 2.75) is 19.0 Å². The molecule has 0 amide bonds. The average molecular weight is 268 g/mol. The van der Waals surface area contributed by atoms with Crippen molar-refractivity contribution in [3.8, 4) is 5.75 Å². The van der Waals surface area contributed by atoms with Crippen LogP contribution in [0.15, 0.2) is 18.2 Å². The van der Waals surface area contributed by atoms with Gasteiger partial charge in [-0.2, -0.15) is 0 Å². The van der Waals surface area contributed by atoms with Crippen LogP contribution in [-0.2, 0) is 4.74 Å². The van der Waals surface area contributed by atoms with Gasteiger partial charge in [-0.15, -0.1) is 0 Å². The Hall–Kier alpha value is -1.17. The van der Waals surface area contributed by atoms with Crippen molar-refractivity contribution in [2.24, 2.45) is 0 Å². The van der Waals surface area contributed by atoms with Crippen LogP contribution in [0.4, 0.5) is 4.39 Å². The van der Waals surface area contributed by atoms with Gasteiger partial charge in [0.15, 0.2) is 11.6 Å². The molecular formula is C14H21FN2O2. The Morgan fingerprint density at radius 1 is 1.58 bits per heavy atom. The van der Waals surface area contributed by atoms with E-state index in [1.54, 1.807) is 6.07 Å². The number of hydrogen-bond acceptors (Lipinski definition) is 4. The van der Waals surface area contributed by atoms with E-state index in [2.05, 4.69) is 10.6 Å². The first-order valence-electron chi connectivity index (χ1n) is 6.67. The molecule has 1 aromatic rings. The van der Waals surface area contributed by atoms with Crippen molar-refractivity contribution < 1.29 is 13.9 Å². The Labute approximate surface area is 113 Å². The van der Waals surface area contributed by atoms with Crippen molar-refractivity contribution >= 4 is 0 Å². The van der Waals surface area contributed by atoms with E-state index in [1.165, 1.54) is 6.07 Å². The maximum absolute atomic E-state index is 13.9. The van der Waals surface area contributed by atoms with E-state index in [-0.39, 0.29) is 17.9 Å². The number of morpholine rings is 1. The lowest BCUT2D eigenvalue weighted by atomic mass is 9.99. The molecule has 0 bridgehead atoms. The summed E-state index contributed by atoms with van der Waals surface area (Å²) in [5.41, 5.74) is 0.895. The number of benzene rings is 1. The standard InChI is InChI=1S/C14H21FN2O2/c1-3-19-13-5-4-10(8-11(13)15)14(16-2)12-9-18-7-6-17-12/h4-5,8,12,14,16-17H,3,6-7,9H2,1-2H3. The molecule has 19 heavy (non-hydrogen) atoms. The molecule has 0 aromatic heterocycles. The van der Waals surface area contributed by atoms with Gasteiger partial charge in [0.05, 0.1) is 25.9 Å². The van der Waals surface area contributed by atoms with Crippen LogP contribution in [-0.4, -0.2) is 39.5 Å². The Morgan fingerprint density at radius 2 is 2.42 bits per heavy atom. The molecule has 2 atom stereocenters. The van der Waals surface area contributed by atoms with E-state index < -0.39 is 0 Å². The monoisotopic (exact) mass is 268 g/mol. The SMILES string of the molecule is CCOc1ccc(C(NC)C2COCCN2)cc1F. The minimum atomic E-state index is -0.323. The number of rotatable bonds is 5. The molecule has 0 aliphatic carbocycles. The molecule has 0 radical (unpaired) electrons. The van der Waals surface area contributed by atoms with Crippen LogP contribution in [0.5, 0.6) is 5.75 Å². The summed E-state index contributed by atoms with van der Waals surface area (Å²) in [6.45, 7) is 4.48. The Kier molecular flexibility index (Phi) is 5.13. The maximum atomic E-state index is 13.9. The highest BCUT2D eigenvalue weighted by Gasteiger charge is 2.24. The number of ether oxygens (including phenoxy) is 2. The lowest BCUT2D eigenvalue weighted by Crippen LogP contribution is -2.48. The molecule has 1 aliphatic heterocycles. The van der Waals surface area contributed by atoms with E-state index in [0.717, 1.165) is 18.7 Å². The normalized spacial score (nSPS) is 21.1. The fraction of sp³-hybridized carbons (Fsp3) is 0.571. The van der Waals surface area contributed by atoms with Crippen molar-refractivity contribution in [1.29, 1.82) is 0 Å². The number of halogens is 1. The molecule has 2 unspecified atom stereocenters. The van der Waals surface area contributed by atoms with Gasteiger partial charge in [-0.25, -0.2) is 4.39 Å². The lowest BCUT2D eigenvalue weighted by Gasteiger charge is -2.31. The molecule has 1 saturated heterocycles. The van der Waals surface area contributed by atoms with Gasteiger partial charge in [-0.05, 0) is 31.7 Å². The van der Waals surface area contributed by atoms with Gasteiger partial charge < -0.3 is 20.1 Å². The van der Waals surface area contributed by atoms with Crippen LogP contribution in [0.2, 0.25) is 0 Å². The van der Waals surface area contributed by atoms with Crippen LogP contribution < -0.4 is 15.4 Å². The van der Waals surface area contributed by atoms with E-state index in [4.69, 9.17) is 9.47 Å². The highest BCUT2D eigenvalue weighted by atomic mass is 19.1. The summed E-state index contributed by atoms with van der Waals surface area (Å²) in [7, 11) is 1.87. The Bertz CT molecular complexity index is 408. The van der Waals surface area contributed by atoms with Gasteiger partial charge in [0, 0.05) is 12.6 Å². The molecule has 1 aliphatic rings. The van der Waals surface area contributed by atoms with Crippen molar-refractivity contribution in [1.82, 2.24) is 10.6 Å². The zero-order valence-corrected chi connectivity index (χ0v) is 11.4. The minimum absolute atomic E-state index is 0.0190. The molecule has 2 rings (SSSR count). The van der Waals surface area contributed by atoms with Gasteiger partial charge in [0.1, 0.15) is 0 Å². The van der Waals surface area contributed by atoms with E-state index in [1.807, 2.05) is 20.0 Å². The first-order chi connectivity index (χ1) is 9.26. The van der Waals surface area contributed by atoms with Crippen LogP contribution in [0.3, 0.4) is 0 Å². The summed E-state index contributed by atoms with van der Waals surface area (Å²) in [6.07, 6.45) is 0. The summed E-state index contributed by atoms with van der Waals surface area (Å²) in [4.78, 5) is 0. The second kappa shape index (κ2) is 6.84. The predicted octanol–water partition coefficient (Wildman–Crippen LogP) is 1.47.